The van der Waals surface area contributed by atoms with Gasteiger partial charge in [0.2, 0.25) is 5.91 Å². The lowest BCUT2D eigenvalue weighted by Crippen LogP contribution is -2.29. The Morgan fingerprint density at radius 1 is 1.12 bits per heavy atom. The van der Waals surface area contributed by atoms with E-state index in [-0.39, 0.29) is 17.6 Å². The van der Waals surface area contributed by atoms with Crippen LogP contribution in [0.25, 0.3) is 16.7 Å². The van der Waals surface area contributed by atoms with Gasteiger partial charge in [0.1, 0.15) is 23.0 Å². The third-order valence-corrected chi connectivity index (χ3v) is 5.28. The quantitative estimate of drug-likeness (QED) is 0.370. The number of aromatic amines is 1. The summed E-state index contributed by atoms with van der Waals surface area (Å²) in [5, 5.41) is 5.71. The molecule has 3 heterocycles. The fourth-order valence-corrected chi connectivity index (χ4v) is 3.69. The van der Waals surface area contributed by atoms with Crippen molar-refractivity contribution in [1.29, 1.82) is 0 Å². The number of halogens is 1. The Morgan fingerprint density at radius 2 is 1.97 bits per heavy atom. The van der Waals surface area contributed by atoms with Crippen LogP contribution in [0.4, 0.5) is 4.39 Å². The minimum absolute atomic E-state index is 0.0944. The Balaban J connectivity index is 1.20. The highest BCUT2D eigenvalue weighted by atomic mass is 19.1. The van der Waals surface area contributed by atoms with Gasteiger partial charge in [0.25, 0.3) is 5.91 Å². The molecule has 166 valence electrons. The zero-order valence-corrected chi connectivity index (χ0v) is 18.0. The van der Waals surface area contributed by atoms with Gasteiger partial charge < -0.3 is 15.6 Å². The van der Waals surface area contributed by atoms with E-state index in [0.29, 0.717) is 60.6 Å². The molecule has 0 saturated carbocycles. The predicted octanol–water partition coefficient (Wildman–Crippen LogP) is 2.84. The Morgan fingerprint density at radius 3 is 2.81 bits per heavy atom. The third kappa shape index (κ3) is 4.61. The highest BCUT2D eigenvalue weighted by molar-refractivity contribution is 5.94. The molecule has 9 heteroatoms. The summed E-state index contributed by atoms with van der Waals surface area (Å²) in [5.41, 5.74) is 4.28. The second kappa shape index (κ2) is 9.17. The molecule has 3 N–H and O–H groups in total. The van der Waals surface area contributed by atoms with Crippen molar-refractivity contribution in [2.75, 3.05) is 13.1 Å². The lowest BCUT2D eigenvalue weighted by Gasteiger charge is -2.07. The molecule has 0 fully saturated rings. The van der Waals surface area contributed by atoms with Gasteiger partial charge in [-0.25, -0.2) is 14.4 Å². The van der Waals surface area contributed by atoms with E-state index < -0.39 is 0 Å². The number of aromatic nitrogens is 4. The molecule has 3 aromatic heterocycles. The van der Waals surface area contributed by atoms with Crippen molar-refractivity contribution in [2.45, 2.75) is 33.1 Å². The lowest BCUT2D eigenvalue weighted by atomic mass is 10.2. The molecule has 4 aromatic rings. The van der Waals surface area contributed by atoms with E-state index in [2.05, 4.69) is 25.6 Å². The Labute approximate surface area is 184 Å². The van der Waals surface area contributed by atoms with Gasteiger partial charge >= 0.3 is 0 Å². The van der Waals surface area contributed by atoms with Crippen LogP contribution in [0.15, 0.2) is 36.5 Å². The number of aryl methyl sites for hydroxylation is 2. The molecule has 0 saturated heterocycles. The topological polar surface area (TPSA) is 104 Å². The van der Waals surface area contributed by atoms with Crippen LogP contribution < -0.4 is 10.6 Å². The summed E-state index contributed by atoms with van der Waals surface area (Å²) in [5.74, 6) is 0.0712. The standard InChI is InChI=1S/C23H25FN6O2/c1-14-5-4-12-30-21(15(2)27-22(14)30)23(32)26-10-3-6-20(31)25-11-9-19-28-17-8-7-16(24)13-18(17)29-19/h4-5,7-8,12-13H,3,6,9-11H2,1-2H3,(H,25,31)(H,26,32)(H,28,29). The minimum Gasteiger partial charge on any atom is -0.356 e. The van der Waals surface area contributed by atoms with Crippen LogP contribution in [0.2, 0.25) is 0 Å². The molecule has 4 rings (SSSR count). The van der Waals surface area contributed by atoms with Gasteiger partial charge in [-0.3, -0.25) is 14.0 Å². The van der Waals surface area contributed by atoms with Gasteiger partial charge in [0.15, 0.2) is 0 Å². The molecule has 0 bridgehead atoms. The number of hydrogen-bond acceptors (Lipinski definition) is 4. The number of nitrogens with zero attached hydrogens (tertiary/aromatic N) is 3. The molecule has 0 aliphatic rings. The number of H-pyrrole nitrogens is 1. The maximum absolute atomic E-state index is 13.3. The molecule has 32 heavy (non-hydrogen) atoms. The van der Waals surface area contributed by atoms with Gasteiger partial charge in [-0.05, 0) is 50.1 Å². The second-order valence-electron chi connectivity index (χ2n) is 7.74. The first-order valence-electron chi connectivity index (χ1n) is 10.6. The largest absolute Gasteiger partial charge is 0.356 e. The van der Waals surface area contributed by atoms with Crippen LogP contribution in [0.5, 0.6) is 0 Å². The normalized spacial score (nSPS) is 11.2. The smallest absolute Gasteiger partial charge is 0.270 e. The number of hydrogen-bond donors (Lipinski definition) is 3. The van der Waals surface area contributed by atoms with Gasteiger partial charge in [-0.1, -0.05) is 6.07 Å². The second-order valence-corrected chi connectivity index (χ2v) is 7.74. The van der Waals surface area contributed by atoms with Crippen LogP contribution in [0.1, 0.15) is 40.4 Å². The van der Waals surface area contributed by atoms with Crippen LogP contribution in [0.3, 0.4) is 0 Å². The zero-order valence-electron chi connectivity index (χ0n) is 18.0. The number of rotatable bonds is 8. The van der Waals surface area contributed by atoms with E-state index in [1.54, 1.807) is 10.5 Å². The van der Waals surface area contributed by atoms with E-state index >= 15 is 0 Å². The summed E-state index contributed by atoms with van der Waals surface area (Å²) in [6.45, 7) is 4.58. The molecule has 1 aromatic carbocycles. The number of amides is 2. The molecule has 0 unspecified atom stereocenters. The van der Waals surface area contributed by atoms with Crippen molar-refractivity contribution in [3.63, 3.8) is 0 Å². The van der Waals surface area contributed by atoms with E-state index in [0.717, 1.165) is 11.2 Å². The van der Waals surface area contributed by atoms with Crippen molar-refractivity contribution >= 4 is 28.5 Å². The summed E-state index contributed by atoms with van der Waals surface area (Å²) < 4.78 is 15.0. The van der Waals surface area contributed by atoms with Crippen LogP contribution >= 0.6 is 0 Å². The molecule has 0 atom stereocenters. The van der Waals surface area contributed by atoms with Gasteiger partial charge in [-0.15, -0.1) is 0 Å². The number of benzene rings is 1. The van der Waals surface area contributed by atoms with E-state index in [1.165, 1.54) is 12.1 Å². The summed E-state index contributed by atoms with van der Waals surface area (Å²) in [7, 11) is 0. The monoisotopic (exact) mass is 436 g/mol. The van der Waals surface area contributed by atoms with Crippen LogP contribution in [-0.4, -0.2) is 44.3 Å². The van der Waals surface area contributed by atoms with Crippen molar-refractivity contribution in [3.8, 4) is 0 Å². The summed E-state index contributed by atoms with van der Waals surface area (Å²) in [6, 6.07) is 8.22. The summed E-state index contributed by atoms with van der Waals surface area (Å²) in [4.78, 5) is 36.6. The maximum Gasteiger partial charge on any atom is 0.270 e. The average Bonchev–Trinajstić information content (AvgIpc) is 3.31. The Hall–Kier alpha value is -3.75. The van der Waals surface area contributed by atoms with E-state index in [1.807, 2.05) is 32.2 Å². The first-order chi connectivity index (χ1) is 15.4. The summed E-state index contributed by atoms with van der Waals surface area (Å²) >= 11 is 0. The van der Waals surface area contributed by atoms with Crippen molar-refractivity contribution in [3.05, 3.63) is 65.1 Å². The SMILES string of the molecule is Cc1nc2c(C)cccn2c1C(=O)NCCCC(=O)NCCc1nc2ccc(F)cc2[nH]1. The number of carbonyl (C=O) groups is 2. The minimum atomic E-state index is -0.320. The maximum atomic E-state index is 13.3. The van der Waals surface area contributed by atoms with E-state index in [9.17, 15) is 14.0 Å². The lowest BCUT2D eigenvalue weighted by molar-refractivity contribution is -0.121. The molecule has 0 spiro atoms. The fourth-order valence-electron chi connectivity index (χ4n) is 3.69. The van der Waals surface area contributed by atoms with Crippen LogP contribution in [0, 0.1) is 19.7 Å². The highest BCUT2D eigenvalue weighted by Crippen LogP contribution is 2.15. The van der Waals surface area contributed by atoms with E-state index in [4.69, 9.17) is 0 Å². The molecule has 2 amide bonds. The molecular formula is C23H25FN6O2. The molecule has 8 nitrogen and oxygen atoms in total. The number of imidazole rings is 2. The molecule has 0 radical (unpaired) electrons. The summed E-state index contributed by atoms with van der Waals surface area (Å²) in [6.07, 6.45) is 3.17. The van der Waals surface area contributed by atoms with Gasteiger partial charge in [-0.2, -0.15) is 0 Å². The Kier molecular flexibility index (Phi) is 6.16. The first kappa shape index (κ1) is 21.5. The zero-order chi connectivity index (χ0) is 22.7. The number of carbonyl (C=O) groups excluding carboxylic acids is 2. The average molecular weight is 436 g/mol. The van der Waals surface area contributed by atoms with Gasteiger partial charge in [0.05, 0.1) is 16.7 Å². The number of nitrogens with one attached hydrogen (secondary N) is 3. The third-order valence-electron chi connectivity index (χ3n) is 5.28. The molecule has 0 aliphatic heterocycles. The molecule has 0 aliphatic carbocycles. The van der Waals surface area contributed by atoms with Crippen LogP contribution in [-0.2, 0) is 11.2 Å². The number of pyridine rings is 1. The number of fused-ring (bicyclic) bond motifs is 2. The molecular weight excluding hydrogens is 411 g/mol. The van der Waals surface area contributed by atoms with Crippen molar-refractivity contribution in [2.24, 2.45) is 0 Å². The highest BCUT2D eigenvalue weighted by Gasteiger charge is 2.17. The van der Waals surface area contributed by atoms with Gasteiger partial charge in [0, 0.05) is 32.1 Å². The predicted molar refractivity (Wildman–Crippen MR) is 119 cm³/mol. The van der Waals surface area contributed by atoms with Crippen molar-refractivity contribution < 1.29 is 14.0 Å². The Bertz CT molecular complexity index is 1290. The fraction of sp³-hybridized carbons (Fsp3) is 0.304. The first-order valence-corrected chi connectivity index (χ1v) is 10.6. The van der Waals surface area contributed by atoms with Crippen molar-refractivity contribution in [1.82, 2.24) is 30.0 Å².